The van der Waals surface area contributed by atoms with Crippen LogP contribution in [0.1, 0.15) is 18.9 Å². The molecular weight excluding hydrogens is 230 g/mol. The van der Waals surface area contributed by atoms with Crippen molar-refractivity contribution in [1.29, 1.82) is 0 Å². The minimum Gasteiger partial charge on any atom is -0.358 e. The fourth-order valence-electron chi connectivity index (χ4n) is 1.67. The van der Waals surface area contributed by atoms with E-state index in [1.165, 1.54) is 0 Å². The minimum atomic E-state index is 0.0247. The van der Waals surface area contributed by atoms with Crippen LogP contribution in [-0.4, -0.2) is 35.9 Å². The number of likely N-dealkylation sites (N-methyl/N-ethyl adjacent to an activating group) is 1. The van der Waals surface area contributed by atoms with E-state index in [1.54, 1.807) is 13.2 Å². The summed E-state index contributed by atoms with van der Waals surface area (Å²) >= 11 is 0. The number of nitrogens with one attached hydrogen (secondary N) is 2. The molecule has 0 aliphatic carbocycles. The molecule has 0 aliphatic rings. The average Bonchev–Trinajstić information content (AvgIpc) is 2.39. The maximum Gasteiger partial charge on any atom is 0.233 e. The number of nitrogens with zero attached hydrogens (tertiary/aromatic N) is 2. The van der Waals surface area contributed by atoms with Crippen molar-refractivity contribution in [2.45, 2.75) is 19.9 Å². The highest BCUT2D eigenvalue weighted by Gasteiger charge is 2.09. The number of hydrazine groups is 1. The van der Waals surface area contributed by atoms with Crippen LogP contribution < -0.4 is 16.6 Å². The molecule has 0 aliphatic heterocycles. The summed E-state index contributed by atoms with van der Waals surface area (Å²) in [4.78, 5) is 17.6. The first-order valence-corrected chi connectivity index (χ1v) is 6.04. The molecule has 4 N–H and O–H groups in total. The second-order valence-electron chi connectivity index (χ2n) is 4.08. The van der Waals surface area contributed by atoms with E-state index in [0.717, 1.165) is 18.5 Å². The van der Waals surface area contributed by atoms with Gasteiger partial charge in [0.25, 0.3) is 0 Å². The normalized spacial score (nSPS) is 10.4. The van der Waals surface area contributed by atoms with E-state index in [9.17, 15) is 4.79 Å². The van der Waals surface area contributed by atoms with Crippen molar-refractivity contribution in [3.05, 3.63) is 23.9 Å². The van der Waals surface area contributed by atoms with Crippen molar-refractivity contribution in [2.75, 3.05) is 25.6 Å². The second kappa shape index (κ2) is 7.62. The quantitative estimate of drug-likeness (QED) is 0.480. The number of nitrogen functional groups attached to an aromatic ring is 1. The van der Waals surface area contributed by atoms with Crippen LogP contribution in [-0.2, 0) is 11.3 Å². The predicted octanol–water partition coefficient (Wildman–Crippen LogP) is 0.325. The van der Waals surface area contributed by atoms with E-state index in [2.05, 4.69) is 27.6 Å². The van der Waals surface area contributed by atoms with Crippen LogP contribution >= 0.6 is 0 Å². The molecule has 0 spiro atoms. The first-order chi connectivity index (χ1) is 8.69. The Morgan fingerprint density at radius 2 is 2.28 bits per heavy atom. The van der Waals surface area contributed by atoms with E-state index in [4.69, 9.17) is 5.84 Å². The van der Waals surface area contributed by atoms with E-state index in [1.807, 2.05) is 12.1 Å². The summed E-state index contributed by atoms with van der Waals surface area (Å²) in [5.41, 5.74) is 3.55. The molecule has 1 heterocycles. The van der Waals surface area contributed by atoms with Crippen molar-refractivity contribution in [1.82, 2.24) is 15.2 Å². The zero-order valence-corrected chi connectivity index (χ0v) is 10.9. The number of carbonyl (C=O) groups excluding carboxylic acids is 1. The monoisotopic (exact) mass is 251 g/mol. The number of pyridine rings is 1. The van der Waals surface area contributed by atoms with E-state index in [0.29, 0.717) is 18.9 Å². The van der Waals surface area contributed by atoms with Gasteiger partial charge in [-0.3, -0.25) is 9.69 Å². The highest BCUT2D eigenvalue weighted by molar-refractivity contribution is 5.77. The SMILES string of the molecule is CCCN(CC(=O)NC)Cc1ccc(NN)nc1. The first kappa shape index (κ1) is 14.4. The Bertz CT molecular complexity index is 365. The van der Waals surface area contributed by atoms with Crippen molar-refractivity contribution in [3.63, 3.8) is 0 Å². The molecular formula is C12H21N5O. The molecule has 0 unspecified atom stereocenters. The van der Waals surface area contributed by atoms with Gasteiger partial charge in [-0.15, -0.1) is 0 Å². The fraction of sp³-hybridized carbons (Fsp3) is 0.500. The van der Waals surface area contributed by atoms with Gasteiger partial charge in [-0.1, -0.05) is 13.0 Å². The lowest BCUT2D eigenvalue weighted by Gasteiger charge is -2.20. The lowest BCUT2D eigenvalue weighted by molar-refractivity contribution is -0.121. The number of rotatable bonds is 7. The van der Waals surface area contributed by atoms with Gasteiger partial charge in [-0.2, -0.15) is 0 Å². The summed E-state index contributed by atoms with van der Waals surface area (Å²) in [7, 11) is 1.65. The Balaban J connectivity index is 2.60. The predicted molar refractivity (Wildman–Crippen MR) is 71.7 cm³/mol. The topological polar surface area (TPSA) is 83.3 Å². The van der Waals surface area contributed by atoms with E-state index >= 15 is 0 Å². The Kier molecular flexibility index (Phi) is 6.10. The molecule has 0 atom stereocenters. The van der Waals surface area contributed by atoms with Gasteiger partial charge in [0.05, 0.1) is 6.54 Å². The molecule has 100 valence electrons. The van der Waals surface area contributed by atoms with Crippen LogP contribution in [0.5, 0.6) is 0 Å². The minimum absolute atomic E-state index is 0.0247. The van der Waals surface area contributed by atoms with Gasteiger partial charge in [0.2, 0.25) is 5.91 Å². The van der Waals surface area contributed by atoms with Crippen molar-refractivity contribution in [2.24, 2.45) is 5.84 Å². The number of nitrogens with two attached hydrogens (primary N) is 1. The number of hydrogen-bond acceptors (Lipinski definition) is 5. The molecule has 1 aromatic rings. The maximum absolute atomic E-state index is 11.4. The molecule has 0 aromatic carbocycles. The average molecular weight is 251 g/mol. The van der Waals surface area contributed by atoms with E-state index < -0.39 is 0 Å². The largest absolute Gasteiger partial charge is 0.358 e. The second-order valence-corrected chi connectivity index (χ2v) is 4.08. The van der Waals surface area contributed by atoms with Crippen molar-refractivity contribution in [3.8, 4) is 0 Å². The van der Waals surface area contributed by atoms with Gasteiger partial charge < -0.3 is 10.7 Å². The number of aromatic nitrogens is 1. The van der Waals surface area contributed by atoms with Gasteiger partial charge in [-0.25, -0.2) is 10.8 Å². The van der Waals surface area contributed by atoms with Crippen molar-refractivity contribution >= 4 is 11.7 Å². The van der Waals surface area contributed by atoms with Crippen LogP contribution in [0.4, 0.5) is 5.82 Å². The molecule has 6 heteroatoms. The molecule has 1 aromatic heterocycles. The van der Waals surface area contributed by atoms with Gasteiger partial charge in [0, 0.05) is 19.8 Å². The smallest absolute Gasteiger partial charge is 0.233 e. The van der Waals surface area contributed by atoms with Gasteiger partial charge in [0.1, 0.15) is 5.82 Å². The molecule has 0 radical (unpaired) electrons. The summed E-state index contributed by atoms with van der Waals surface area (Å²) in [6.45, 7) is 4.08. The Hall–Kier alpha value is -1.66. The Labute approximate surface area is 108 Å². The third-order valence-corrected chi connectivity index (χ3v) is 2.56. The highest BCUT2D eigenvalue weighted by Crippen LogP contribution is 2.07. The summed E-state index contributed by atoms with van der Waals surface area (Å²) in [6, 6.07) is 3.77. The molecule has 1 amide bonds. The van der Waals surface area contributed by atoms with Crippen LogP contribution in [0.2, 0.25) is 0 Å². The van der Waals surface area contributed by atoms with Crippen molar-refractivity contribution < 1.29 is 4.79 Å². The van der Waals surface area contributed by atoms with Gasteiger partial charge in [-0.05, 0) is 24.6 Å². The van der Waals surface area contributed by atoms with Gasteiger partial charge >= 0.3 is 0 Å². The molecule has 18 heavy (non-hydrogen) atoms. The summed E-state index contributed by atoms with van der Waals surface area (Å²) < 4.78 is 0. The lowest BCUT2D eigenvalue weighted by Crippen LogP contribution is -2.35. The van der Waals surface area contributed by atoms with Crippen LogP contribution in [0.3, 0.4) is 0 Å². The third kappa shape index (κ3) is 4.68. The van der Waals surface area contributed by atoms with E-state index in [-0.39, 0.29) is 5.91 Å². The van der Waals surface area contributed by atoms with Crippen LogP contribution in [0.25, 0.3) is 0 Å². The fourth-order valence-corrected chi connectivity index (χ4v) is 1.67. The zero-order valence-electron chi connectivity index (χ0n) is 10.9. The zero-order chi connectivity index (χ0) is 13.4. The molecule has 6 nitrogen and oxygen atoms in total. The number of anilines is 1. The Morgan fingerprint density at radius 3 is 2.78 bits per heavy atom. The standard InChI is InChI=1S/C12H21N5O/c1-3-6-17(9-12(18)14-2)8-10-4-5-11(16-13)15-7-10/h4-5,7H,3,6,8-9,13H2,1-2H3,(H,14,18)(H,15,16). The number of hydrogen-bond donors (Lipinski definition) is 3. The summed E-state index contributed by atoms with van der Waals surface area (Å²) in [6.07, 6.45) is 2.77. The first-order valence-electron chi connectivity index (χ1n) is 6.04. The Morgan fingerprint density at radius 1 is 1.50 bits per heavy atom. The summed E-state index contributed by atoms with van der Waals surface area (Å²) in [5.74, 6) is 5.91. The maximum atomic E-state index is 11.4. The molecule has 0 saturated heterocycles. The third-order valence-electron chi connectivity index (χ3n) is 2.56. The molecule has 0 bridgehead atoms. The molecule has 1 rings (SSSR count). The molecule has 0 saturated carbocycles. The van der Waals surface area contributed by atoms with Gasteiger partial charge in [0.15, 0.2) is 0 Å². The van der Waals surface area contributed by atoms with Crippen LogP contribution in [0.15, 0.2) is 18.3 Å². The molecule has 0 fully saturated rings. The highest BCUT2D eigenvalue weighted by atomic mass is 16.1. The number of carbonyl (C=O) groups is 1. The number of amides is 1. The summed E-state index contributed by atoms with van der Waals surface area (Å²) in [5, 5.41) is 2.64. The lowest BCUT2D eigenvalue weighted by atomic mass is 10.2. The van der Waals surface area contributed by atoms with Crippen LogP contribution in [0, 0.1) is 0 Å².